The molecule has 2 heterocycles. The largest absolute Gasteiger partial charge is 0.497 e. The number of methoxy groups -OCH3 is 1. The zero-order chi connectivity index (χ0) is 13.2. The maximum Gasteiger partial charge on any atom is 0.144 e. The van der Waals surface area contributed by atoms with Crippen molar-refractivity contribution in [2.75, 3.05) is 7.11 Å². The highest BCUT2D eigenvalue weighted by atomic mass is 16.5. The first-order chi connectivity index (χ1) is 9.26. The second kappa shape index (κ2) is 4.65. The maximum absolute atomic E-state index is 5.82. The van der Waals surface area contributed by atoms with Crippen molar-refractivity contribution < 1.29 is 9.47 Å². The summed E-state index contributed by atoms with van der Waals surface area (Å²) in [6, 6.07) is 11.4. The van der Waals surface area contributed by atoms with Gasteiger partial charge in [0.05, 0.1) is 13.3 Å². The Morgan fingerprint density at radius 3 is 2.74 bits per heavy atom. The number of hydrogen-bond acceptors (Lipinski definition) is 3. The summed E-state index contributed by atoms with van der Waals surface area (Å²) in [4.78, 5) is 4.28. The highest BCUT2D eigenvalue weighted by molar-refractivity contribution is 5.44. The minimum Gasteiger partial charge on any atom is -0.497 e. The Hall–Kier alpha value is -2.49. The van der Waals surface area contributed by atoms with Crippen molar-refractivity contribution >= 4 is 5.65 Å². The Bertz CT molecular complexity index is 719. The van der Waals surface area contributed by atoms with Gasteiger partial charge < -0.3 is 13.9 Å². The van der Waals surface area contributed by atoms with Gasteiger partial charge >= 0.3 is 0 Å². The zero-order valence-electron chi connectivity index (χ0n) is 10.8. The Morgan fingerprint density at radius 2 is 1.89 bits per heavy atom. The minimum atomic E-state index is 0.747. The SMILES string of the molecule is COc1cccc(Oc2ccc3ncc(C)n3c2)c1. The van der Waals surface area contributed by atoms with Crippen molar-refractivity contribution in [2.24, 2.45) is 0 Å². The highest BCUT2D eigenvalue weighted by Gasteiger charge is 2.03. The molecule has 0 fully saturated rings. The standard InChI is InChI=1S/C15H14N2O2/c1-11-9-16-15-7-6-14(10-17(11)15)19-13-5-3-4-12(8-13)18-2/h3-10H,1-2H3. The van der Waals surface area contributed by atoms with Crippen molar-refractivity contribution in [3.63, 3.8) is 0 Å². The van der Waals surface area contributed by atoms with Crippen LogP contribution in [0.1, 0.15) is 5.69 Å². The molecule has 0 spiro atoms. The van der Waals surface area contributed by atoms with Crippen molar-refractivity contribution in [2.45, 2.75) is 6.92 Å². The molecular weight excluding hydrogens is 240 g/mol. The van der Waals surface area contributed by atoms with Crippen molar-refractivity contribution in [1.29, 1.82) is 0 Å². The van der Waals surface area contributed by atoms with Crippen LogP contribution in [0.5, 0.6) is 17.2 Å². The quantitative estimate of drug-likeness (QED) is 0.718. The number of rotatable bonds is 3. The lowest BCUT2D eigenvalue weighted by Crippen LogP contribution is -1.91. The molecule has 4 nitrogen and oxygen atoms in total. The van der Waals surface area contributed by atoms with Crippen LogP contribution in [0.4, 0.5) is 0 Å². The van der Waals surface area contributed by atoms with E-state index < -0.39 is 0 Å². The fraction of sp³-hybridized carbons (Fsp3) is 0.133. The van der Waals surface area contributed by atoms with Gasteiger partial charge in [-0.1, -0.05) is 6.07 Å². The molecule has 0 radical (unpaired) electrons. The molecule has 0 atom stereocenters. The normalized spacial score (nSPS) is 10.6. The van der Waals surface area contributed by atoms with Crippen LogP contribution in [0.25, 0.3) is 5.65 Å². The third kappa shape index (κ3) is 2.25. The molecule has 4 heteroatoms. The Balaban J connectivity index is 1.93. The maximum atomic E-state index is 5.82. The van der Waals surface area contributed by atoms with Crippen molar-refractivity contribution in [3.8, 4) is 17.2 Å². The number of pyridine rings is 1. The molecule has 0 saturated carbocycles. The molecule has 96 valence electrons. The topological polar surface area (TPSA) is 35.8 Å². The number of benzene rings is 1. The van der Waals surface area contributed by atoms with E-state index in [1.165, 1.54) is 0 Å². The number of hydrogen-bond donors (Lipinski definition) is 0. The van der Waals surface area contributed by atoms with E-state index in [0.717, 1.165) is 28.6 Å². The summed E-state index contributed by atoms with van der Waals surface area (Å²) in [7, 11) is 1.64. The summed E-state index contributed by atoms with van der Waals surface area (Å²) in [6.07, 6.45) is 3.77. The van der Waals surface area contributed by atoms with Gasteiger partial charge in [-0.25, -0.2) is 4.98 Å². The summed E-state index contributed by atoms with van der Waals surface area (Å²) in [5.41, 5.74) is 1.99. The van der Waals surface area contributed by atoms with E-state index in [2.05, 4.69) is 4.98 Å². The van der Waals surface area contributed by atoms with Crippen LogP contribution in [0, 0.1) is 6.92 Å². The van der Waals surface area contributed by atoms with Crippen LogP contribution in [0.15, 0.2) is 48.8 Å². The zero-order valence-corrected chi connectivity index (χ0v) is 10.8. The number of ether oxygens (including phenoxy) is 2. The molecule has 0 aliphatic rings. The highest BCUT2D eigenvalue weighted by Crippen LogP contribution is 2.25. The first-order valence-electron chi connectivity index (χ1n) is 6.02. The molecule has 19 heavy (non-hydrogen) atoms. The summed E-state index contributed by atoms with van der Waals surface area (Å²) in [5, 5.41) is 0. The van der Waals surface area contributed by atoms with E-state index in [4.69, 9.17) is 9.47 Å². The molecule has 2 aromatic heterocycles. The number of aromatic nitrogens is 2. The minimum absolute atomic E-state index is 0.747. The summed E-state index contributed by atoms with van der Waals surface area (Å²) >= 11 is 0. The monoisotopic (exact) mass is 254 g/mol. The number of aryl methyl sites for hydroxylation is 1. The van der Waals surface area contributed by atoms with Crippen LogP contribution in [-0.2, 0) is 0 Å². The second-order valence-corrected chi connectivity index (χ2v) is 4.27. The lowest BCUT2D eigenvalue weighted by molar-refractivity contribution is 0.409. The van der Waals surface area contributed by atoms with Gasteiger partial charge in [-0.15, -0.1) is 0 Å². The first-order valence-corrected chi connectivity index (χ1v) is 6.02. The average Bonchev–Trinajstić information content (AvgIpc) is 2.80. The van der Waals surface area contributed by atoms with Gasteiger partial charge in [-0.3, -0.25) is 0 Å². The predicted octanol–water partition coefficient (Wildman–Crippen LogP) is 3.44. The van der Waals surface area contributed by atoms with E-state index in [-0.39, 0.29) is 0 Å². The first kappa shape index (κ1) is 11.6. The van der Waals surface area contributed by atoms with Crippen LogP contribution < -0.4 is 9.47 Å². The van der Waals surface area contributed by atoms with E-state index in [0.29, 0.717) is 0 Å². The van der Waals surface area contributed by atoms with Crippen molar-refractivity contribution in [1.82, 2.24) is 9.38 Å². The Kier molecular flexibility index (Phi) is 2.83. The van der Waals surface area contributed by atoms with E-state index in [1.807, 2.05) is 60.1 Å². The van der Waals surface area contributed by atoms with Gasteiger partial charge in [0.15, 0.2) is 0 Å². The molecule has 3 rings (SSSR count). The van der Waals surface area contributed by atoms with Gasteiger partial charge in [0, 0.05) is 18.0 Å². The van der Waals surface area contributed by atoms with E-state index in [1.54, 1.807) is 7.11 Å². The molecule has 0 N–H and O–H groups in total. The summed E-state index contributed by atoms with van der Waals surface area (Å²) in [6.45, 7) is 2.01. The lowest BCUT2D eigenvalue weighted by atomic mass is 10.3. The molecule has 0 saturated heterocycles. The van der Waals surface area contributed by atoms with Gasteiger partial charge in [0.2, 0.25) is 0 Å². The molecule has 3 aromatic rings. The lowest BCUT2D eigenvalue weighted by Gasteiger charge is -2.08. The van der Waals surface area contributed by atoms with Gasteiger partial charge in [0.25, 0.3) is 0 Å². The number of nitrogens with zero attached hydrogens (tertiary/aromatic N) is 2. The molecule has 0 unspecified atom stereocenters. The van der Waals surface area contributed by atoms with Gasteiger partial charge in [-0.2, -0.15) is 0 Å². The molecule has 0 amide bonds. The smallest absolute Gasteiger partial charge is 0.144 e. The molecule has 0 bridgehead atoms. The van der Waals surface area contributed by atoms with Gasteiger partial charge in [-0.05, 0) is 31.2 Å². The molecule has 0 aliphatic heterocycles. The molecule has 1 aromatic carbocycles. The molecular formula is C15H14N2O2. The van der Waals surface area contributed by atoms with Gasteiger partial charge in [0.1, 0.15) is 22.9 Å². The summed E-state index contributed by atoms with van der Waals surface area (Å²) < 4.78 is 13.0. The Morgan fingerprint density at radius 1 is 1.05 bits per heavy atom. The van der Waals surface area contributed by atoms with Crippen LogP contribution >= 0.6 is 0 Å². The number of fused-ring (bicyclic) bond motifs is 1. The predicted molar refractivity (Wildman–Crippen MR) is 73.0 cm³/mol. The van der Waals surface area contributed by atoms with Crippen molar-refractivity contribution in [3.05, 3.63) is 54.5 Å². The third-order valence-corrected chi connectivity index (χ3v) is 2.94. The van der Waals surface area contributed by atoms with E-state index >= 15 is 0 Å². The fourth-order valence-corrected chi connectivity index (χ4v) is 1.94. The van der Waals surface area contributed by atoms with Crippen LogP contribution in [0.2, 0.25) is 0 Å². The molecule has 0 aliphatic carbocycles. The second-order valence-electron chi connectivity index (χ2n) is 4.27. The summed E-state index contributed by atoms with van der Waals surface area (Å²) in [5.74, 6) is 2.29. The van der Waals surface area contributed by atoms with Crippen LogP contribution in [-0.4, -0.2) is 16.5 Å². The van der Waals surface area contributed by atoms with Crippen LogP contribution in [0.3, 0.4) is 0 Å². The number of imidazole rings is 1. The fourth-order valence-electron chi connectivity index (χ4n) is 1.94. The average molecular weight is 254 g/mol. The third-order valence-electron chi connectivity index (χ3n) is 2.94. The van der Waals surface area contributed by atoms with E-state index in [9.17, 15) is 0 Å². The Labute approximate surface area is 111 Å².